The van der Waals surface area contributed by atoms with Gasteiger partial charge in [0.2, 0.25) is 0 Å². The second-order valence-corrected chi connectivity index (χ2v) is 4.81. The summed E-state index contributed by atoms with van der Waals surface area (Å²) in [5.74, 6) is -1.81. The first kappa shape index (κ1) is 12.0. The van der Waals surface area contributed by atoms with E-state index in [0.29, 0.717) is 0 Å². The Balaban J connectivity index is 2.93. The molecule has 0 aliphatic heterocycles. The summed E-state index contributed by atoms with van der Waals surface area (Å²) in [5.41, 5.74) is -5.38. The first-order valence-corrected chi connectivity index (χ1v) is 5.41. The summed E-state index contributed by atoms with van der Waals surface area (Å²) in [7, 11) is -5.19. The molecule has 84 valence electrons. The number of rotatable bonds is 2. The molecule has 0 aliphatic carbocycles. The normalized spacial score (nSPS) is 12.8. The van der Waals surface area contributed by atoms with Crippen molar-refractivity contribution in [3.8, 4) is 0 Å². The van der Waals surface area contributed by atoms with Crippen LogP contribution in [0, 0.1) is 5.82 Å². The van der Waals surface area contributed by atoms with Crippen LogP contribution < -0.4 is 0 Å². The van der Waals surface area contributed by atoms with Crippen LogP contribution in [0.1, 0.15) is 5.56 Å². The Bertz CT molecular complexity index is 433. The lowest BCUT2D eigenvalue weighted by molar-refractivity contribution is -0.0437. The topological polar surface area (TPSA) is 34.1 Å². The van der Waals surface area contributed by atoms with Crippen molar-refractivity contribution >= 4 is 9.84 Å². The Kier molecular flexibility index (Phi) is 3.03. The maximum atomic E-state index is 12.4. The summed E-state index contributed by atoms with van der Waals surface area (Å²) in [6, 6.07) is 3.81. The van der Waals surface area contributed by atoms with Gasteiger partial charge >= 0.3 is 5.51 Å². The minimum absolute atomic E-state index is 0.103. The standard InChI is InChI=1S/C8H6F4O2S/c9-7-3-1-6(2-4-7)5-15(13,14)8(10,11)12/h1-4H,5H2. The largest absolute Gasteiger partial charge is 0.497 e. The van der Waals surface area contributed by atoms with Gasteiger partial charge in [0.05, 0.1) is 5.75 Å². The van der Waals surface area contributed by atoms with Crippen molar-refractivity contribution in [2.75, 3.05) is 0 Å². The summed E-state index contributed by atoms with van der Waals surface area (Å²) >= 11 is 0. The molecule has 0 amide bonds. The second-order valence-electron chi connectivity index (χ2n) is 2.83. The zero-order valence-electron chi connectivity index (χ0n) is 7.25. The van der Waals surface area contributed by atoms with E-state index in [1.165, 1.54) is 0 Å². The number of sulfone groups is 1. The van der Waals surface area contributed by atoms with Gasteiger partial charge in [0.25, 0.3) is 9.84 Å². The van der Waals surface area contributed by atoms with E-state index in [4.69, 9.17) is 0 Å². The molecule has 0 N–H and O–H groups in total. The zero-order valence-corrected chi connectivity index (χ0v) is 8.07. The van der Waals surface area contributed by atoms with Gasteiger partial charge < -0.3 is 0 Å². The lowest BCUT2D eigenvalue weighted by Gasteiger charge is -2.07. The average Bonchev–Trinajstić information content (AvgIpc) is 2.06. The fraction of sp³-hybridized carbons (Fsp3) is 0.250. The van der Waals surface area contributed by atoms with Crippen molar-refractivity contribution in [3.63, 3.8) is 0 Å². The van der Waals surface area contributed by atoms with E-state index in [-0.39, 0.29) is 5.56 Å². The van der Waals surface area contributed by atoms with Crippen molar-refractivity contribution in [1.82, 2.24) is 0 Å². The molecule has 0 heterocycles. The molecule has 1 rings (SSSR count). The van der Waals surface area contributed by atoms with Gasteiger partial charge in [-0.2, -0.15) is 13.2 Å². The molecule has 0 radical (unpaired) electrons. The summed E-state index contributed by atoms with van der Waals surface area (Å²) in [6.45, 7) is 0. The fourth-order valence-corrected chi connectivity index (χ4v) is 1.68. The SMILES string of the molecule is O=S(=O)(Cc1ccc(F)cc1)C(F)(F)F. The molecule has 0 aromatic heterocycles. The van der Waals surface area contributed by atoms with Crippen molar-refractivity contribution in [3.05, 3.63) is 35.6 Å². The Morgan fingerprint density at radius 2 is 1.53 bits per heavy atom. The molecule has 1 aromatic carbocycles. The van der Waals surface area contributed by atoms with Crippen LogP contribution in [0.4, 0.5) is 17.6 Å². The Hall–Kier alpha value is -1.11. The second kappa shape index (κ2) is 3.80. The van der Waals surface area contributed by atoms with Crippen molar-refractivity contribution in [2.45, 2.75) is 11.3 Å². The minimum atomic E-state index is -5.28. The molecule has 0 atom stereocenters. The summed E-state index contributed by atoms with van der Waals surface area (Å²) in [5, 5.41) is 0. The molecule has 15 heavy (non-hydrogen) atoms. The van der Waals surface area contributed by atoms with Crippen molar-refractivity contribution in [1.29, 1.82) is 0 Å². The molecule has 0 aliphatic rings. The summed E-state index contributed by atoms with van der Waals surface area (Å²) in [4.78, 5) is 0. The molecule has 0 saturated heterocycles. The molecule has 0 saturated carbocycles. The van der Waals surface area contributed by atoms with Gasteiger partial charge in [-0.15, -0.1) is 0 Å². The Labute approximate surface area is 83.4 Å². The maximum absolute atomic E-state index is 12.4. The first-order chi connectivity index (χ1) is 6.72. The van der Waals surface area contributed by atoms with Crippen LogP contribution in [0.25, 0.3) is 0 Å². The van der Waals surface area contributed by atoms with Gasteiger partial charge in [0.15, 0.2) is 0 Å². The lowest BCUT2D eigenvalue weighted by atomic mass is 10.2. The Morgan fingerprint density at radius 3 is 1.93 bits per heavy atom. The molecular weight excluding hydrogens is 236 g/mol. The van der Waals surface area contributed by atoms with E-state index >= 15 is 0 Å². The van der Waals surface area contributed by atoms with E-state index < -0.39 is 26.9 Å². The van der Waals surface area contributed by atoms with Crippen LogP contribution in [-0.4, -0.2) is 13.9 Å². The number of benzene rings is 1. The molecule has 2 nitrogen and oxygen atoms in total. The van der Waals surface area contributed by atoms with Gasteiger partial charge in [-0.05, 0) is 17.7 Å². The highest BCUT2D eigenvalue weighted by molar-refractivity contribution is 7.91. The van der Waals surface area contributed by atoms with Crippen LogP contribution in [0.3, 0.4) is 0 Å². The fourth-order valence-electron chi connectivity index (χ4n) is 0.882. The Morgan fingerprint density at radius 1 is 1.07 bits per heavy atom. The molecule has 0 fully saturated rings. The number of hydrogen-bond donors (Lipinski definition) is 0. The number of alkyl halides is 3. The predicted molar refractivity (Wildman–Crippen MR) is 45.1 cm³/mol. The number of halogens is 4. The summed E-state index contributed by atoms with van der Waals surface area (Å²) < 4.78 is 69.6. The quantitative estimate of drug-likeness (QED) is 0.745. The van der Waals surface area contributed by atoms with E-state index in [9.17, 15) is 26.0 Å². The third-order valence-electron chi connectivity index (χ3n) is 1.62. The van der Waals surface area contributed by atoms with Gasteiger partial charge in [-0.1, -0.05) is 12.1 Å². The van der Waals surface area contributed by atoms with Crippen molar-refractivity contribution in [2.24, 2.45) is 0 Å². The zero-order chi connectivity index (χ0) is 11.7. The van der Waals surface area contributed by atoms with Gasteiger partial charge in [-0.25, -0.2) is 12.8 Å². The molecule has 0 bridgehead atoms. The third kappa shape index (κ3) is 2.92. The molecular formula is C8H6F4O2S. The van der Waals surface area contributed by atoms with Crippen LogP contribution in [-0.2, 0) is 15.6 Å². The summed E-state index contributed by atoms with van der Waals surface area (Å²) in [6.07, 6.45) is 0. The van der Waals surface area contributed by atoms with Crippen LogP contribution in [0.2, 0.25) is 0 Å². The molecule has 7 heteroatoms. The highest BCUT2D eigenvalue weighted by atomic mass is 32.2. The third-order valence-corrected chi connectivity index (χ3v) is 3.04. The van der Waals surface area contributed by atoms with Crippen molar-refractivity contribution < 1.29 is 26.0 Å². The smallest absolute Gasteiger partial charge is 0.219 e. The van der Waals surface area contributed by atoms with E-state index in [2.05, 4.69) is 0 Å². The first-order valence-electron chi connectivity index (χ1n) is 3.76. The molecule has 0 spiro atoms. The van der Waals surface area contributed by atoms with E-state index in [0.717, 1.165) is 24.3 Å². The van der Waals surface area contributed by atoms with Crippen LogP contribution >= 0.6 is 0 Å². The van der Waals surface area contributed by atoms with E-state index in [1.807, 2.05) is 0 Å². The highest BCUT2D eigenvalue weighted by Gasteiger charge is 2.45. The van der Waals surface area contributed by atoms with Gasteiger partial charge in [0, 0.05) is 0 Å². The maximum Gasteiger partial charge on any atom is 0.497 e. The monoisotopic (exact) mass is 242 g/mol. The van der Waals surface area contributed by atoms with Crippen LogP contribution in [0.5, 0.6) is 0 Å². The number of hydrogen-bond acceptors (Lipinski definition) is 2. The highest BCUT2D eigenvalue weighted by Crippen LogP contribution is 2.26. The molecule has 1 aromatic rings. The van der Waals surface area contributed by atoms with Gasteiger partial charge in [-0.3, -0.25) is 0 Å². The molecule has 0 unspecified atom stereocenters. The predicted octanol–water partition coefficient (Wildman–Crippen LogP) is 2.26. The average molecular weight is 242 g/mol. The minimum Gasteiger partial charge on any atom is -0.219 e. The van der Waals surface area contributed by atoms with Gasteiger partial charge in [0.1, 0.15) is 5.82 Å². The van der Waals surface area contributed by atoms with Crippen LogP contribution in [0.15, 0.2) is 24.3 Å². The van der Waals surface area contributed by atoms with E-state index in [1.54, 1.807) is 0 Å². The lowest BCUT2D eigenvalue weighted by Crippen LogP contribution is -2.24.